The van der Waals surface area contributed by atoms with Crippen LogP contribution in [0.4, 0.5) is 0 Å². The highest BCUT2D eigenvalue weighted by Gasteiger charge is 2.42. The number of alkyl halides is 1. The van der Waals surface area contributed by atoms with Crippen LogP contribution in [0.25, 0.3) is 6.08 Å². The molecule has 1 saturated carbocycles. The van der Waals surface area contributed by atoms with Gasteiger partial charge in [0.2, 0.25) is 0 Å². The van der Waals surface area contributed by atoms with Crippen molar-refractivity contribution in [3.8, 4) is 0 Å². The van der Waals surface area contributed by atoms with E-state index in [4.69, 9.17) is 23.8 Å². The van der Waals surface area contributed by atoms with Crippen LogP contribution < -0.4 is 0 Å². The lowest BCUT2D eigenvalue weighted by Gasteiger charge is -2.42. The largest absolute Gasteiger partial charge is 0.284 e. The van der Waals surface area contributed by atoms with Crippen molar-refractivity contribution >= 4 is 58.2 Å². The van der Waals surface area contributed by atoms with Gasteiger partial charge in [0.05, 0.1) is 0 Å². The topological polar surface area (TPSA) is 40.6 Å². The van der Waals surface area contributed by atoms with E-state index in [1.807, 2.05) is 17.5 Å². The second kappa shape index (κ2) is 8.43. The molecule has 2 heterocycles. The van der Waals surface area contributed by atoms with Crippen LogP contribution in [0.5, 0.6) is 0 Å². The Morgan fingerprint density at radius 1 is 1.24 bits per heavy atom. The average molecular weight is 397 g/mol. The summed E-state index contributed by atoms with van der Waals surface area (Å²) in [5, 5.41) is 2.27. The molecular formula is C18H21ClN2O2S2. The Morgan fingerprint density at radius 2 is 2.00 bits per heavy atom. The fourth-order valence-electron chi connectivity index (χ4n) is 3.39. The fourth-order valence-corrected chi connectivity index (χ4v) is 4.57. The van der Waals surface area contributed by atoms with Crippen molar-refractivity contribution in [1.82, 2.24) is 9.80 Å². The quantitative estimate of drug-likeness (QED) is 0.326. The molecule has 1 aliphatic heterocycles. The summed E-state index contributed by atoms with van der Waals surface area (Å²) in [6, 6.07) is 3.90. The van der Waals surface area contributed by atoms with Gasteiger partial charge in [0, 0.05) is 23.3 Å². The molecule has 2 aliphatic rings. The highest BCUT2D eigenvalue weighted by atomic mass is 35.5. The number of carbonyl (C=O) groups is 2. The molecule has 1 aromatic heterocycles. The zero-order valence-corrected chi connectivity index (χ0v) is 16.3. The molecule has 2 fully saturated rings. The lowest BCUT2D eigenvalue weighted by atomic mass is 9.93. The summed E-state index contributed by atoms with van der Waals surface area (Å²) in [5.74, 6) is -0.105. The summed E-state index contributed by atoms with van der Waals surface area (Å²) >= 11 is 12.9. The van der Waals surface area contributed by atoms with Gasteiger partial charge in [0.25, 0.3) is 11.8 Å². The molecular weight excluding hydrogens is 376 g/mol. The number of halogens is 1. The van der Waals surface area contributed by atoms with E-state index in [2.05, 4.69) is 0 Å². The number of hydrogen-bond donors (Lipinski definition) is 0. The van der Waals surface area contributed by atoms with Crippen molar-refractivity contribution in [2.75, 3.05) is 12.4 Å². The lowest BCUT2D eigenvalue weighted by molar-refractivity contribution is -0.135. The maximum atomic E-state index is 13.1. The number of nitrogens with zero attached hydrogens (tertiary/aromatic N) is 2. The van der Waals surface area contributed by atoms with Gasteiger partial charge < -0.3 is 0 Å². The molecule has 0 spiro atoms. The summed E-state index contributed by atoms with van der Waals surface area (Å²) in [6.07, 6.45) is 7.60. The predicted octanol–water partition coefficient (Wildman–Crippen LogP) is 4.05. The molecule has 25 heavy (non-hydrogen) atoms. The first-order valence-corrected chi connectivity index (χ1v) is 10.5. The molecule has 0 N–H and O–H groups in total. The number of carbonyl (C=O) groups excluding carboxylic acids is 2. The van der Waals surface area contributed by atoms with Gasteiger partial charge in [-0.15, -0.1) is 22.9 Å². The first kappa shape index (κ1) is 18.5. The first-order chi connectivity index (χ1) is 12.1. The molecule has 7 heteroatoms. The Morgan fingerprint density at radius 3 is 2.64 bits per heavy atom. The van der Waals surface area contributed by atoms with Gasteiger partial charge in [-0.2, -0.15) is 0 Å². The Kier molecular flexibility index (Phi) is 6.25. The van der Waals surface area contributed by atoms with Gasteiger partial charge in [-0.3, -0.25) is 19.4 Å². The zero-order chi connectivity index (χ0) is 17.8. The minimum Gasteiger partial charge on any atom is -0.284 e. The van der Waals surface area contributed by atoms with Crippen molar-refractivity contribution in [1.29, 1.82) is 0 Å². The van der Waals surface area contributed by atoms with Crippen molar-refractivity contribution in [3.63, 3.8) is 0 Å². The van der Waals surface area contributed by atoms with Gasteiger partial charge in [-0.1, -0.05) is 25.3 Å². The van der Waals surface area contributed by atoms with E-state index in [1.54, 1.807) is 15.9 Å². The molecule has 134 valence electrons. The summed E-state index contributed by atoms with van der Waals surface area (Å²) in [5.41, 5.74) is 0.205. The molecule has 1 aliphatic carbocycles. The van der Waals surface area contributed by atoms with Crippen LogP contribution in [0.2, 0.25) is 0 Å². The average Bonchev–Trinajstić information content (AvgIpc) is 3.13. The third kappa shape index (κ3) is 3.96. The SMILES string of the molecule is O=C1/C(=C\c2cccs2)C(=O)N(C2CCCCC2)C(=S)N1CCCCl. The van der Waals surface area contributed by atoms with E-state index >= 15 is 0 Å². The van der Waals surface area contributed by atoms with Crippen LogP contribution in [-0.2, 0) is 9.59 Å². The third-order valence-electron chi connectivity index (χ3n) is 4.65. The van der Waals surface area contributed by atoms with Crippen LogP contribution >= 0.6 is 35.2 Å². The van der Waals surface area contributed by atoms with Crippen molar-refractivity contribution in [3.05, 3.63) is 28.0 Å². The standard InChI is InChI=1S/C18H21ClN2O2S2/c19-9-5-10-20-16(22)15(12-14-8-4-11-25-14)17(23)21(18(20)24)13-6-2-1-3-7-13/h4,8,11-13H,1-3,5-7,9-10H2/b15-12+. The minimum atomic E-state index is -0.305. The van der Waals surface area contributed by atoms with Gasteiger partial charge >= 0.3 is 0 Å². The van der Waals surface area contributed by atoms with E-state index in [9.17, 15) is 9.59 Å². The van der Waals surface area contributed by atoms with E-state index < -0.39 is 0 Å². The first-order valence-electron chi connectivity index (χ1n) is 8.64. The Balaban J connectivity index is 1.95. The highest BCUT2D eigenvalue weighted by molar-refractivity contribution is 7.80. The number of amides is 2. The van der Waals surface area contributed by atoms with Crippen LogP contribution in [0.15, 0.2) is 23.1 Å². The second-order valence-corrected chi connectivity index (χ2v) is 8.04. The van der Waals surface area contributed by atoms with E-state index in [0.717, 1.165) is 30.6 Å². The molecule has 1 aromatic rings. The Bertz CT molecular complexity index is 681. The van der Waals surface area contributed by atoms with E-state index in [0.29, 0.717) is 24.0 Å². The van der Waals surface area contributed by atoms with E-state index in [-0.39, 0.29) is 23.4 Å². The Hall–Kier alpha value is -1.24. The summed E-state index contributed by atoms with van der Waals surface area (Å²) < 4.78 is 0. The maximum Gasteiger partial charge on any atom is 0.265 e. The van der Waals surface area contributed by atoms with Gasteiger partial charge in [-0.25, -0.2) is 0 Å². The summed E-state index contributed by atoms with van der Waals surface area (Å²) in [4.78, 5) is 30.1. The van der Waals surface area contributed by atoms with E-state index in [1.165, 1.54) is 17.8 Å². The molecule has 0 aromatic carbocycles. The maximum absolute atomic E-state index is 13.1. The summed E-state index contributed by atoms with van der Waals surface area (Å²) in [6.45, 7) is 0.444. The number of thiophene rings is 1. The fraction of sp³-hybridized carbons (Fsp3) is 0.500. The molecule has 0 unspecified atom stereocenters. The number of thiocarbonyl (C=S) groups is 1. The van der Waals surface area contributed by atoms with Crippen molar-refractivity contribution < 1.29 is 9.59 Å². The zero-order valence-electron chi connectivity index (χ0n) is 13.9. The second-order valence-electron chi connectivity index (χ2n) is 6.32. The minimum absolute atomic E-state index is 0.0899. The molecule has 0 radical (unpaired) electrons. The molecule has 2 amide bonds. The van der Waals surface area contributed by atoms with Crippen molar-refractivity contribution in [2.45, 2.75) is 44.6 Å². The molecule has 3 rings (SSSR count). The monoisotopic (exact) mass is 396 g/mol. The molecule has 1 saturated heterocycles. The van der Waals surface area contributed by atoms with Gasteiger partial charge in [0.15, 0.2) is 5.11 Å². The molecule has 0 bridgehead atoms. The van der Waals surface area contributed by atoms with Crippen LogP contribution in [0.3, 0.4) is 0 Å². The number of rotatable bonds is 5. The normalized spacial score (nSPS) is 21.5. The lowest BCUT2D eigenvalue weighted by Crippen LogP contribution is -2.59. The van der Waals surface area contributed by atoms with Gasteiger partial charge in [-0.05, 0) is 49.0 Å². The molecule has 0 atom stereocenters. The number of hydrogen-bond acceptors (Lipinski definition) is 4. The van der Waals surface area contributed by atoms with Crippen molar-refractivity contribution in [2.24, 2.45) is 0 Å². The van der Waals surface area contributed by atoms with Crippen LogP contribution in [0.1, 0.15) is 43.4 Å². The third-order valence-corrected chi connectivity index (χ3v) is 6.15. The molecule has 4 nitrogen and oxygen atoms in total. The summed E-state index contributed by atoms with van der Waals surface area (Å²) in [7, 11) is 0. The van der Waals surface area contributed by atoms with Gasteiger partial charge in [0.1, 0.15) is 5.57 Å². The Labute approximate surface area is 162 Å². The van der Waals surface area contributed by atoms with Crippen LogP contribution in [-0.4, -0.2) is 45.2 Å². The predicted molar refractivity (Wildman–Crippen MR) is 106 cm³/mol. The highest BCUT2D eigenvalue weighted by Crippen LogP contribution is 2.29. The smallest absolute Gasteiger partial charge is 0.265 e. The van der Waals surface area contributed by atoms with Crippen LogP contribution in [0, 0.1) is 0 Å².